The second-order valence-corrected chi connectivity index (χ2v) is 7.38. The summed E-state index contributed by atoms with van der Waals surface area (Å²) in [6.07, 6.45) is 5.63. The maximum Gasteiger partial charge on any atom is 0.502 e. The molecular weight excluding hydrogens is 280 g/mol. The van der Waals surface area contributed by atoms with Gasteiger partial charge >= 0.3 is 8.80 Å². The largest absolute Gasteiger partial charge is 0.502 e. The lowest BCUT2D eigenvalue weighted by Crippen LogP contribution is -2.46. The summed E-state index contributed by atoms with van der Waals surface area (Å²) in [6.45, 7) is 1.68. The Bertz CT molecular complexity index is 337. The number of rotatable bonds is 11. The molecule has 1 heterocycles. The average Bonchev–Trinajstić information content (AvgIpc) is 2.98. The van der Waals surface area contributed by atoms with Gasteiger partial charge in [-0.3, -0.25) is 0 Å². The van der Waals surface area contributed by atoms with Crippen LogP contribution in [0.25, 0.3) is 0 Å². The van der Waals surface area contributed by atoms with Crippen LogP contribution in [0.1, 0.15) is 6.42 Å². The molecule has 1 aromatic heterocycles. The van der Waals surface area contributed by atoms with Crippen LogP contribution in [0.3, 0.4) is 0 Å². The summed E-state index contributed by atoms with van der Waals surface area (Å²) in [6, 6.07) is 0.317. The molecule has 0 saturated carbocycles. The Morgan fingerprint density at radius 1 is 1.25 bits per heavy atom. The highest BCUT2D eigenvalue weighted by atomic mass is 28.4. The first kappa shape index (κ1) is 17.3. The van der Waals surface area contributed by atoms with Crippen LogP contribution >= 0.6 is 0 Å². The summed E-state index contributed by atoms with van der Waals surface area (Å²) in [4.78, 5) is 3.96. The highest BCUT2D eigenvalue weighted by Gasteiger charge is 2.40. The van der Waals surface area contributed by atoms with Gasteiger partial charge in [-0.1, -0.05) is 0 Å². The fourth-order valence-electron chi connectivity index (χ4n) is 1.84. The van der Waals surface area contributed by atoms with Gasteiger partial charge in [-0.25, -0.2) is 4.98 Å². The average molecular weight is 304 g/mol. The maximum atomic E-state index is 9.92. The molecule has 0 aliphatic rings. The van der Waals surface area contributed by atoms with Gasteiger partial charge < -0.3 is 27.7 Å². The van der Waals surface area contributed by atoms with E-state index in [0.29, 0.717) is 12.7 Å². The summed E-state index contributed by atoms with van der Waals surface area (Å²) in [5.74, 6) is 0. The molecule has 1 rings (SSSR count). The lowest BCUT2D eigenvalue weighted by Gasteiger charge is -2.26. The van der Waals surface area contributed by atoms with Crippen molar-refractivity contribution in [2.75, 3.05) is 34.5 Å². The molecule has 1 aromatic rings. The Kier molecular flexibility index (Phi) is 7.96. The molecule has 0 aliphatic carbocycles. The smallest absolute Gasteiger partial charge is 0.391 e. The quantitative estimate of drug-likeness (QED) is 0.475. The molecule has 0 saturated heterocycles. The van der Waals surface area contributed by atoms with Gasteiger partial charge in [0.1, 0.15) is 0 Å². The molecule has 0 amide bonds. The summed E-state index contributed by atoms with van der Waals surface area (Å²) >= 11 is 0. The van der Waals surface area contributed by atoms with Crippen molar-refractivity contribution < 1.29 is 23.1 Å². The van der Waals surface area contributed by atoms with Gasteiger partial charge in [-0.05, 0) is 6.42 Å². The maximum absolute atomic E-state index is 9.92. The number of aliphatic hydroxyl groups is 1. The molecular formula is C12H24N2O5Si. The molecule has 0 aromatic carbocycles. The van der Waals surface area contributed by atoms with Crippen LogP contribution in [0.15, 0.2) is 18.7 Å². The minimum Gasteiger partial charge on any atom is -0.391 e. The Labute approximate surface area is 120 Å². The van der Waals surface area contributed by atoms with Gasteiger partial charge in [-0.2, -0.15) is 0 Å². The molecule has 0 bridgehead atoms. The standard InChI is InChI=1S/C12H24N2O5Si/c1-16-20(17-2,18-3)10-12(15)9-19-8-4-6-14-7-5-13-11-14/h5,7,11-12,15H,4,6,8-10H2,1-3H3. The summed E-state index contributed by atoms with van der Waals surface area (Å²) in [5.41, 5.74) is 0. The Hall–Kier alpha value is -0.773. The van der Waals surface area contributed by atoms with Crippen LogP contribution in [0.2, 0.25) is 6.04 Å². The number of aliphatic hydroxyl groups excluding tert-OH is 1. The number of aromatic nitrogens is 2. The van der Waals surface area contributed by atoms with Crippen LogP contribution < -0.4 is 0 Å². The van der Waals surface area contributed by atoms with Crippen LogP contribution in [0, 0.1) is 0 Å². The van der Waals surface area contributed by atoms with Crippen molar-refractivity contribution in [1.29, 1.82) is 0 Å². The Morgan fingerprint density at radius 2 is 1.95 bits per heavy atom. The van der Waals surface area contributed by atoms with E-state index in [0.717, 1.165) is 13.0 Å². The molecule has 0 radical (unpaired) electrons. The third-order valence-electron chi connectivity index (χ3n) is 2.99. The number of hydrogen-bond acceptors (Lipinski definition) is 6. The van der Waals surface area contributed by atoms with E-state index in [1.54, 1.807) is 12.5 Å². The van der Waals surface area contributed by atoms with Gasteiger partial charge in [0.15, 0.2) is 0 Å². The Morgan fingerprint density at radius 3 is 2.50 bits per heavy atom. The van der Waals surface area contributed by atoms with E-state index < -0.39 is 14.9 Å². The molecule has 20 heavy (non-hydrogen) atoms. The van der Waals surface area contributed by atoms with Crippen molar-refractivity contribution in [3.63, 3.8) is 0 Å². The number of nitrogens with zero attached hydrogens (tertiary/aromatic N) is 2. The van der Waals surface area contributed by atoms with Crippen LogP contribution in [-0.4, -0.2) is 64.1 Å². The second-order valence-electron chi connectivity index (χ2n) is 4.38. The predicted molar refractivity (Wildman–Crippen MR) is 75.3 cm³/mol. The molecule has 7 nitrogen and oxygen atoms in total. The number of hydrogen-bond donors (Lipinski definition) is 1. The molecule has 0 fully saturated rings. The molecule has 0 spiro atoms. The number of ether oxygens (including phenoxy) is 1. The summed E-state index contributed by atoms with van der Waals surface area (Å²) in [7, 11) is 1.84. The van der Waals surface area contributed by atoms with Gasteiger partial charge in [-0.15, -0.1) is 0 Å². The third-order valence-corrected chi connectivity index (χ3v) is 5.83. The Balaban J connectivity index is 2.14. The molecule has 0 aliphatic heterocycles. The fraction of sp³-hybridized carbons (Fsp3) is 0.750. The first-order chi connectivity index (χ1) is 9.65. The van der Waals surface area contributed by atoms with Gasteiger partial charge in [0.2, 0.25) is 0 Å². The molecule has 116 valence electrons. The zero-order valence-electron chi connectivity index (χ0n) is 12.3. The highest BCUT2D eigenvalue weighted by molar-refractivity contribution is 6.60. The van der Waals surface area contributed by atoms with Crippen molar-refractivity contribution in [3.05, 3.63) is 18.7 Å². The van der Waals surface area contributed by atoms with Gasteiger partial charge in [0.25, 0.3) is 0 Å². The van der Waals surface area contributed by atoms with E-state index in [9.17, 15) is 5.11 Å². The van der Waals surface area contributed by atoms with E-state index in [4.69, 9.17) is 18.0 Å². The van der Waals surface area contributed by atoms with Crippen molar-refractivity contribution in [3.8, 4) is 0 Å². The van der Waals surface area contributed by atoms with E-state index in [1.807, 2.05) is 10.8 Å². The zero-order valence-corrected chi connectivity index (χ0v) is 13.3. The lowest BCUT2D eigenvalue weighted by atomic mass is 10.4. The molecule has 1 N–H and O–H groups in total. The number of aryl methyl sites for hydroxylation is 1. The van der Waals surface area contributed by atoms with Crippen molar-refractivity contribution in [2.24, 2.45) is 0 Å². The van der Waals surface area contributed by atoms with E-state index in [1.165, 1.54) is 21.3 Å². The van der Waals surface area contributed by atoms with Crippen LogP contribution in [0.5, 0.6) is 0 Å². The minimum atomic E-state index is -2.73. The van der Waals surface area contributed by atoms with Crippen LogP contribution in [0.4, 0.5) is 0 Å². The molecule has 1 unspecified atom stereocenters. The lowest BCUT2D eigenvalue weighted by molar-refractivity contribution is 0.0286. The van der Waals surface area contributed by atoms with Gasteiger partial charge in [0, 0.05) is 52.9 Å². The van der Waals surface area contributed by atoms with Crippen molar-refractivity contribution in [1.82, 2.24) is 9.55 Å². The molecule has 8 heteroatoms. The predicted octanol–water partition coefficient (Wildman–Crippen LogP) is 0.529. The second kappa shape index (κ2) is 9.22. The van der Waals surface area contributed by atoms with E-state index >= 15 is 0 Å². The first-order valence-electron chi connectivity index (χ1n) is 6.53. The summed E-state index contributed by atoms with van der Waals surface area (Å²) < 4.78 is 23.2. The number of imidazole rings is 1. The topological polar surface area (TPSA) is 75.0 Å². The van der Waals surface area contributed by atoms with Crippen molar-refractivity contribution >= 4 is 8.80 Å². The van der Waals surface area contributed by atoms with Crippen LogP contribution in [-0.2, 0) is 24.6 Å². The minimum absolute atomic E-state index is 0.245. The summed E-state index contributed by atoms with van der Waals surface area (Å²) in [5, 5.41) is 9.92. The SMILES string of the molecule is CO[Si](CC(O)COCCCn1ccnc1)(OC)OC. The monoisotopic (exact) mass is 304 g/mol. The normalized spacial score (nSPS) is 13.6. The fourth-order valence-corrected chi connectivity index (χ4v) is 3.53. The zero-order chi connectivity index (χ0) is 14.8. The highest BCUT2D eigenvalue weighted by Crippen LogP contribution is 2.15. The van der Waals surface area contributed by atoms with E-state index in [-0.39, 0.29) is 6.61 Å². The first-order valence-corrected chi connectivity index (χ1v) is 8.46. The molecule has 1 atom stereocenters. The van der Waals surface area contributed by atoms with Gasteiger partial charge in [0.05, 0.1) is 19.0 Å². The third kappa shape index (κ3) is 5.69. The van der Waals surface area contributed by atoms with E-state index in [2.05, 4.69) is 4.98 Å². The van der Waals surface area contributed by atoms with Crippen molar-refractivity contribution in [2.45, 2.75) is 25.1 Å².